The van der Waals surface area contributed by atoms with E-state index in [0.29, 0.717) is 22.0 Å². The lowest BCUT2D eigenvalue weighted by Gasteiger charge is -2.16. The molecule has 1 atom stereocenters. The van der Waals surface area contributed by atoms with E-state index in [1.54, 1.807) is 12.1 Å². The predicted molar refractivity (Wildman–Crippen MR) is 125 cm³/mol. The number of nitrogens with one attached hydrogen (secondary N) is 1. The highest BCUT2D eigenvalue weighted by atomic mass is 35.5. The minimum atomic E-state index is -4.84. The number of anilines is 1. The number of nitrogens with zero attached hydrogens (tertiary/aromatic N) is 3. The smallest absolute Gasteiger partial charge is 0.406 e. The Hall–Kier alpha value is -4.00. The fourth-order valence-corrected chi connectivity index (χ4v) is 3.79. The third kappa shape index (κ3) is 7.51. The molecule has 2 heterocycles. The molecule has 0 saturated carbocycles. The lowest BCUT2D eigenvalue weighted by molar-refractivity contribution is -0.275. The fraction of sp³-hybridized carbons (Fsp3) is 0.208. The van der Waals surface area contributed by atoms with Gasteiger partial charge in [0, 0.05) is 11.9 Å². The molecule has 1 aromatic heterocycles. The Kier molecular flexibility index (Phi) is 7.67. The first kappa shape index (κ1) is 27.0. The minimum Gasteiger partial charge on any atom is -0.406 e. The summed E-state index contributed by atoms with van der Waals surface area (Å²) < 4.78 is 82.2. The number of hydrazone groups is 1. The van der Waals surface area contributed by atoms with Crippen LogP contribution in [0.1, 0.15) is 17.2 Å². The molecule has 4 rings (SSSR count). The van der Waals surface area contributed by atoms with E-state index in [1.165, 1.54) is 35.5 Å². The molecular formula is C24H17ClF6N4O3. The van der Waals surface area contributed by atoms with E-state index >= 15 is 0 Å². The zero-order valence-electron chi connectivity index (χ0n) is 19.1. The van der Waals surface area contributed by atoms with Crippen molar-refractivity contribution in [3.8, 4) is 11.5 Å². The Morgan fingerprint density at radius 3 is 2.03 bits per heavy atom. The number of benzene rings is 2. The number of aromatic nitrogens is 1. The van der Waals surface area contributed by atoms with Gasteiger partial charge in [0.05, 0.1) is 28.9 Å². The first-order chi connectivity index (χ1) is 17.8. The summed E-state index contributed by atoms with van der Waals surface area (Å²) in [4.78, 5) is 16.9. The van der Waals surface area contributed by atoms with Crippen LogP contribution in [-0.4, -0.2) is 47.4 Å². The monoisotopic (exact) mass is 558 g/mol. The summed E-state index contributed by atoms with van der Waals surface area (Å²) >= 11 is 5.93. The minimum absolute atomic E-state index is 0.219. The fourth-order valence-electron chi connectivity index (χ4n) is 3.68. The summed E-state index contributed by atoms with van der Waals surface area (Å²) in [7, 11) is 0. The van der Waals surface area contributed by atoms with E-state index in [9.17, 15) is 31.1 Å². The molecule has 1 unspecified atom stereocenters. The zero-order chi connectivity index (χ0) is 27.5. The molecule has 0 radical (unpaired) electrons. The average molecular weight is 559 g/mol. The molecule has 1 N–H and O–H groups in total. The summed E-state index contributed by atoms with van der Waals surface area (Å²) in [5.74, 6) is -1.78. The molecule has 0 saturated heterocycles. The summed E-state index contributed by atoms with van der Waals surface area (Å²) in [6.07, 6.45) is -8.23. The number of carbonyl (C=O) groups is 1. The maximum absolute atomic E-state index is 12.6. The van der Waals surface area contributed by atoms with Crippen LogP contribution in [0.2, 0.25) is 5.02 Å². The Labute approximate surface area is 216 Å². The van der Waals surface area contributed by atoms with Crippen molar-refractivity contribution < 1.29 is 40.6 Å². The maximum Gasteiger partial charge on any atom is 0.573 e. The van der Waals surface area contributed by atoms with Gasteiger partial charge >= 0.3 is 12.7 Å². The second-order valence-electron chi connectivity index (χ2n) is 7.98. The maximum atomic E-state index is 12.6. The number of rotatable bonds is 7. The molecule has 0 spiro atoms. The first-order valence-corrected chi connectivity index (χ1v) is 11.2. The Morgan fingerprint density at radius 1 is 0.921 bits per heavy atom. The molecule has 3 aromatic rings. The number of hydrogen-bond donors (Lipinski definition) is 1. The summed E-state index contributed by atoms with van der Waals surface area (Å²) in [6, 6.07) is 13.1. The number of alkyl halides is 6. The van der Waals surface area contributed by atoms with Crippen LogP contribution < -0.4 is 14.8 Å². The van der Waals surface area contributed by atoms with Crippen LogP contribution in [0.4, 0.5) is 32.0 Å². The lowest BCUT2D eigenvalue weighted by atomic mass is 9.94. The van der Waals surface area contributed by atoms with Gasteiger partial charge in [0.1, 0.15) is 18.0 Å². The van der Waals surface area contributed by atoms with Gasteiger partial charge in [-0.05, 0) is 66.2 Å². The van der Waals surface area contributed by atoms with Crippen molar-refractivity contribution >= 4 is 28.9 Å². The van der Waals surface area contributed by atoms with Crippen LogP contribution in [-0.2, 0) is 4.79 Å². The second kappa shape index (κ2) is 10.8. The normalized spacial score (nSPS) is 15.7. The molecular weight excluding hydrogens is 542 g/mol. The molecule has 1 aliphatic heterocycles. The van der Waals surface area contributed by atoms with Crippen LogP contribution in [0, 0.1) is 0 Å². The third-order valence-corrected chi connectivity index (χ3v) is 5.38. The largest absolute Gasteiger partial charge is 0.573 e. The van der Waals surface area contributed by atoms with Gasteiger partial charge in [-0.2, -0.15) is 5.10 Å². The highest BCUT2D eigenvalue weighted by Gasteiger charge is 2.33. The quantitative estimate of drug-likeness (QED) is 0.361. The number of carbonyl (C=O) groups excluding carboxylic acids is 1. The van der Waals surface area contributed by atoms with Crippen LogP contribution in [0.5, 0.6) is 11.5 Å². The Bertz CT molecular complexity index is 1300. The highest BCUT2D eigenvalue weighted by molar-refractivity contribution is 6.30. The number of amides is 1. The molecule has 7 nitrogen and oxygen atoms in total. The topological polar surface area (TPSA) is 76.1 Å². The van der Waals surface area contributed by atoms with Crippen molar-refractivity contribution in [1.29, 1.82) is 0 Å². The van der Waals surface area contributed by atoms with E-state index in [-0.39, 0.29) is 18.8 Å². The van der Waals surface area contributed by atoms with Crippen LogP contribution in [0.25, 0.3) is 0 Å². The molecule has 14 heteroatoms. The SMILES string of the molecule is O=C(CN1CC(c2ccc(Cl)cn2)C(c2ccc(OC(F)(F)F)cc2)=N1)Nc1ccc(OC(F)(F)F)cc1. The van der Waals surface area contributed by atoms with Crippen LogP contribution in [0.15, 0.2) is 72.0 Å². The molecule has 1 amide bonds. The van der Waals surface area contributed by atoms with Crippen molar-refractivity contribution in [3.63, 3.8) is 0 Å². The van der Waals surface area contributed by atoms with E-state index in [1.807, 2.05) is 0 Å². The van der Waals surface area contributed by atoms with Crippen molar-refractivity contribution in [2.45, 2.75) is 18.6 Å². The van der Waals surface area contributed by atoms with Gasteiger partial charge in [-0.1, -0.05) is 11.6 Å². The van der Waals surface area contributed by atoms with E-state index < -0.39 is 36.0 Å². The Morgan fingerprint density at radius 2 is 1.50 bits per heavy atom. The Balaban J connectivity index is 1.49. The molecule has 200 valence electrons. The van der Waals surface area contributed by atoms with E-state index in [0.717, 1.165) is 24.3 Å². The standard InChI is InChI=1S/C24H17ClF6N4O3/c25-15-3-10-20(32-11-15)19-12-35(34-22(19)14-1-6-17(7-2-14)37-23(26,27)28)13-21(36)33-16-4-8-18(9-5-16)38-24(29,30)31/h1-11,19H,12-13H2,(H,33,36). The molecule has 0 aliphatic carbocycles. The van der Waals surface area contributed by atoms with Crippen LogP contribution in [0.3, 0.4) is 0 Å². The molecule has 0 bridgehead atoms. The van der Waals surface area contributed by atoms with Gasteiger partial charge in [-0.3, -0.25) is 14.8 Å². The van der Waals surface area contributed by atoms with Gasteiger partial charge in [0.25, 0.3) is 0 Å². The van der Waals surface area contributed by atoms with Crippen molar-refractivity contribution in [3.05, 3.63) is 83.1 Å². The van der Waals surface area contributed by atoms with Gasteiger partial charge in [0.15, 0.2) is 0 Å². The van der Waals surface area contributed by atoms with E-state index in [2.05, 4.69) is 24.9 Å². The van der Waals surface area contributed by atoms with Crippen molar-refractivity contribution in [2.24, 2.45) is 5.10 Å². The number of pyridine rings is 1. The summed E-state index contributed by atoms with van der Waals surface area (Å²) in [5, 5.41) is 8.90. The predicted octanol–water partition coefficient (Wildman–Crippen LogP) is 5.97. The van der Waals surface area contributed by atoms with Crippen LogP contribution >= 0.6 is 11.6 Å². The third-order valence-electron chi connectivity index (χ3n) is 5.16. The summed E-state index contributed by atoms with van der Waals surface area (Å²) in [5.41, 5.74) is 1.76. The van der Waals surface area contributed by atoms with Gasteiger partial charge in [-0.15, -0.1) is 26.3 Å². The molecule has 1 aliphatic rings. The second-order valence-corrected chi connectivity index (χ2v) is 8.42. The van der Waals surface area contributed by atoms with Gasteiger partial charge < -0.3 is 14.8 Å². The number of halogens is 7. The van der Waals surface area contributed by atoms with Gasteiger partial charge in [0.2, 0.25) is 5.91 Å². The number of ether oxygens (including phenoxy) is 2. The van der Waals surface area contributed by atoms with Gasteiger partial charge in [-0.25, -0.2) is 0 Å². The molecule has 38 heavy (non-hydrogen) atoms. The van der Waals surface area contributed by atoms with Crippen molar-refractivity contribution in [1.82, 2.24) is 9.99 Å². The molecule has 0 fully saturated rings. The first-order valence-electron chi connectivity index (χ1n) is 10.8. The summed E-state index contributed by atoms with van der Waals surface area (Å²) in [6.45, 7) is 0.000208. The molecule has 2 aromatic carbocycles. The number of hydrogen-bond acceptors (Lipinski definition) is 6. The lowest BCUT2D eigenvalue weighted by Crippen LogP contribution is -2.29. The van der Waals surface area contributed by atoms with E-state index in [4.69, 9.17) is 11.6 Å². The highest BCUT2D eigenvalue weighted by Crippen LogP contribution is 2.30. The average Bonchev–Trinajstić information content (AvgIpc) is 3.23. The zero-order valence-corrected chi connectivity index (χ0v) is 19.8. The van der Waals surface area contributed by atoms with Crippen molar-refractivity contribution in [2.75, 3.05) is 18.4 Å².